The molecule has 3 heterocycles. The van der Waals surface area contributed by atoms with Crippen molar-refractivity contribution in [3.05, 3.63) is 54.5 Å². The normalized spacial score (nSPS) is 25.8. The number of nitrogens with zero attached hydrogens (tertiary/aromatic N) is 2. The van der Waals surface area contributed by atoms with E-state index in [2.05, 4.69) is 22.5 Å². The summed E-state index contributed by atoms with van der Waals surface area (Å²) in [6, 6.07) is 9.08. The fraction of sp³-hybridized carbons (Fsp3) is 0.304. The molecule has 0 spiro atoms. The molecule has 2 fully saturated rings. The largest absolute Gasteiger partial charge is 0.467 e. The maximum absolute atomic E-state index is 13.1. The number of carbonyl (C=O) groups is 3. The molecule has 0 radical (unpaired) electrons. The quantitative estimate of drug-likeness (QED) is 0.340. The van der Waals surface area contributed by atoms with Crippen LogP contribution in [0.2, 0.25) is 0 Å². The van der Waals surface area contributed by atoms with E-state index in [1.165, 1.54) is 28.0 Å². The van der Waals surface area contributed by atoms with Crippen molar-refractivity contribution in [3.63, 3.8) is 0 Å². The third kappa shape index (κ3) is 3.18. The van der Waals surface area contributed by atoms with E-state index in [9.17, 15) is 14.4 Å². The molecule has 2 bridgehead atoms. The molecular formula is C23H19N3O4S2. The molecule has 0 unspecified atom stereocenters. The second kappa shape index (κ2) is 7.60. The number of rotatable bonds is 6. The van der Waals surface area contributed by atoms with Crippen molar-refractivity contribution in [2.45, 2.75) is 17.3 Å². The van der Waals surface area contributed by atoms with E-state index in [4.69, 9.17) is 4.42 Å². The molecular weight excluding hydrogens is 446 g/mol. The number of anilines is 1. The number of hydrogen-bond donors (Lipinski definition) is 1. The van der Waals surface area contributed by atoms with Gasteiger partial charge in [-0.3, -0.25) is 14.4 Å². The van der Waals surface area contributed by atoms with Crippen LogP contribution in [0.1, 0.15) is 12.2 Å². The number of aromatic nitrogens is 1. The molecule has 3 aromatic rings. The monoisotopic (exact) mass is 465 g/mol. The predicted octanol–water partition coefficient (Wildman–Crippen LogP) is 3.61. The summed E-state index contributed by atoms with van der Waals surface area (Å²) in [7, 11) is 0. The minimum absolute atomic E-state index is 0.0801. The van der Waals surface area contributed by atoms with E-state index < -0.39 is 0 Å². The minimum atomic E-state index is -0.208. The lowest BCUT2D eigenvalue weighted by Gasteiger charge is -2.17. The molecule has 9 heteroatoms. The number of amides is 3. The number of benzene rings is 1. The fourth-order valence-corrected chi connectivity index (χ4v) is 6.96. The highest BCUT2D eigenvalue weighted by atomic mass is 32.2. The summed E-state index contributed by atoms with van der Waals surface area (Å²) in [5.74, 6) is 0.661. The summed E-state index contributed by atoms with van der Waals surface area (Å²) in [6.45, 7) is 0.354. The third-order valence-electron chi connectivity index (χ3n) is 6.45. The molecule has 1 saturated carbocycles. The van der Waals surface area contributed by atoms with Gasteiger partial charge < -0.3 is 9.73 Å². The average Bonchev–Trinajstić information content (AvgIpc) is 3.59. The van der Waals surface area contributed by atoms with Gasteiger partial charge in [0, 0.05) is 0 Å². The molecule has 1 N–H and O–H groups in total. The Bertz CT molecular complexity index is 1240. The zero-order chi connectivity index (χ0) is 21.8. The van der Waals surface area contributed by atoms with Crippen LogP contribution < -0.4 is 10.2 Å². The Morgan fingerprint density at radius 1 is 1.19 bits per heavy atom. The topological polar surface area (TPSA) is 92.5 Å². The number of nitrogens with one attached hydrogen (secondary N) is 1. The Balaban J connectivity index is 1.15. The van der Waals surface area contributed by atoms with Gasteiger partial charge in [0.1, 0.15) is 5.76 Å². The summed E-state index contributed by atoms with van der Waals surface area (Å²) in [6.07, 6.45) is 6.69. The Morgan fingerprint density at radius 3 is 2.69 bits per heavy atom. The van der Waals surface area contributed by atoms with E-state index in [0.29, 0.717) is 18.0 Å². The standard InChI is InChI=1S/C23H19N3O4S2/c27-18(24-10-15-2-1-7-30-15)11-31-23-25-16-6-5-14(9-17(16)32-23)26-21(28)19-12-3-4-13(8-12)20(19)22(26)29/h1-7,9,12-13,19-20H,8,10-11H2,(H,24,27)/t12-,13-,19-,20-/m0/s1. The molecule has 1 aliphatic heterocycles. The van der Waals surface area contributed by atoms with Gasteiger partial charge >= 0.3 is 0 Å². The molecule has 3 amide bonds. The van der Waals surface area contributed by atoms with Crippen LogP contribution in [0.4, 0.5) is 5.69 Å². The highest BCUT2D eigenvalue weighted by Gasteiger charge is 2.59. The summed E-state index contributed by atoms with van der Waals surface area (Å²) in [5, 5.41) is 2.81. The number of thiazole rings is 1. The molecule has 2 aliphatic carbocycles. The second-order valence-electron chi connectivity index (χ2n) is 8.29. The highest BCUT2D eigenvalue weighted by Crippen LogP contribution is 2.53. The first-order valence-corrected chi connectivity index (χ1v) is 12.3. The van der Waals surface area contributed by atoms with Crippen LogP contribution in [0, 0.1) is 23.7 Å². The van der Waals surface area contributed by atoms with Crippen molar-refractivity contribution in [2.24, 2.45) is 23.7 Å². The molecule has 162 valence electrons. The Kier molecular flexibility index (Phi) is 4.69. The van der Waals surface area contributed by atoms with E-state index in [1.807, 2.05) is 18.2 Å². The molecule has 1 aromatic carbocycles. The van der Waals surface area contributed by atoms with Crippen molar-refractivity contribution >= 4 is 56.7 Å². The Morgan fingerprint density at radius 2 is 1.97 bits per heavy atom. The van der Waals surface area contributed by atoms with Gasteiger partial charge in [-0.15, -0.1) is 11.3 Å². The number of furan rings is 1. The van der Waals surface area contributed by atoms with Crippen LogP contribution in [-0.4, -0.2) is 28.5 Å². The number of thioether (sulfide) groups is 1. The van der Waals surface area contributed by atoms with Gasteiger partial charge in [0.15, 0.2) is 4.34 Å². The van der Waals surface area contributed by atoms with E-state index >= 15 is 0 Å². The third-order valence-corrected chi connectivity index (χ3v) is 8.61. The van der Waals surface area contributed by atoms with Gasteiger partial charge in [0.25, 0.3) is 0 Å². The first-order valence-electron chi connectivity index (χ1n) is 10.5. The summed E-state index contributed by atoms with van der Waals surface area (Å²) in [4.78, 5) is 44.2. The summed E-state index contributed by atoms with van der Waals surface area (Å²) >= 11 is 2.82. The first kappa shape index (κ1) is 19.8. The second-order valence-corrected chi connectivity index (χ2v) is 10.5. The zero-order valence-corrected chi connectivity index (χ0v) is 18.5. The molecule has 2 aromatic heterocycles. The lowest BCUT2D eigenvalue weighted by atomic mass is 9.85. The van der Waals surface area contributed by atoms with Crippen molar-refractivity contribution in [1.29, 1.82) is 0 Å². The number of hydrogen-bond acceptors (Lipinski definition) is 7. The number of allylic oxidation sites excluding steroid dienone is 2. The van der Waals surface area contributed by atoms with E-state index in [-0.39, 0.29) is 47.1 Å². The van der Waals surface area contributed by atoms with Gasteiger partial charge in [-0.1, -0.05) is 23.9 Å². The number of imide groups is 1. The van der Waals surface area contributed by atoms with Crippen LogP contribution in [0.25, 0.3) is 10.2 Å². The molecule has 3 aliphatic rings. The van der Waals surface area contributed by atoms with E-state index in [1.54, 1.807) is 18.4 Å². The minimum Gasteiger partial charge on any atom is -0.467 e. The van der Waals surface area contributed by atoms with Crippen LogP contribution in [0.5, 0.6) is 0 Å². The molecule has 32 heavy (non-hydrogen) atoms. The van der Waals surface area contributed by atoms with Gasteiger partial charge in [-0.05, 0) is 48.6 Å². The van der Waals surface area contributed by atoms with Crippen LogP contribution in [0.3, 0.4) is 0 Å². The number of carbonyl (C=O) groups excluding carboxylic acids is 3. The number of fused-ring (bicyclic) bond motifs is 6. The lowest BCUT2D eigenvalue weighted by Crippen LogP contribution is -2.32. The maximum Gasteiger partial charge on any atom is 0.238 e. The van der Waals surface area contributed by atoms with Crippen molar-refractivity contribution in [2.75, 3.05) is 10.7 Å². The van der Waals surface area contributed by atoms with Gasteiger partial charge in [0.2, 0.25) is 17.7 Å². The average molecular weight is 466 g/mol. The van der Waals surface area contributed by atoms with Crippen molar-refractivity contribution in [3.8, 4) is 0 Å². The van der Waals surface area contributed by atoms with Crippen LogP contribution in [-0.2, 0) is 20.9 Å². The summed E-state index contributed by atoms with van der Waals surface area (Å²) in [5.41, 5.74) is 1.40. The smallest absolute Gasteiger partial charge is 0.238 e. The first-order chi connectivity index (χ1) is 15.6. The van der Waals surface area contributed by atoms with Crippen LogP contribution >= 0.6 is 23.1 Å². The lowest BCUT2D eigenvalue weighted by molar-refractivity contribution is -0.123. The van der Waals surface area contributed by atoms with Crippen molar-refractivity contribution < 1.29 is 18.8 Å². The molecule has 7 nitrogen and oxygen atoms in total. The molecule has 1 saturated heterocycles. The van der Waals surface area contributed by atoms with E-state index in [0.717, 1.165) is 21.0 Å². The van der Waals surface area contributed by atoms with Gasteiger partial charge in [0.05, 0.1) is 46.3 Å². The SMILES string of the molecule is O=C(CSc1nc2ccc(N3C(=O)[C@@H]4[C@@H](C3=O)[C@H]3C=C[C@H]4C3)cc2s1)NCc1ccco1. The fourth-order valence-electron chi connectivity index (χ4n) is 5.03. The Hall–Kier alpha value is -2.91. The summed E-state index contributed by atoms with van der Waals surface area (Å²) < 4.78 is 6.86. The maximum atomic E-state index is 13.1. The molecule has 6 rings (SSSR count). The van der Waals surface area contributed by atoms with Gasteiger partial charge in [-0.2, -0.15) is 0 Å². The van der Waals surface area contributed by atoms with Crippen LogP contribution in [0.15, 0.2) is 57.5 Å². The Labute approximate surface area is 191 Å². The van der Waals surface area contributed by atoms with Gasteiger partial charge in [-0.25, -0.2) is 9.88 Å². The van der Waals surface area contributed by atoms with Crippen molar-refractivity contribution in [1.82, 2.24) is 10.3 Å². The predicted molar refractivity (Wildman–Crippen MR) is 121 cm³/mol. The highest BCUT2D eigenvalue weighted by molar-refractivity contribution is 8.01. The molecule has 4 atom stereocenters. The zero-order valence-electron chi connectivity index (χ0n) is 16.9.